The van der Waals surface area contributed by atoms with Gasteiger partial charge in [-0.2, -0.15) is 13.2 Å². The molecular formula is C16H20F3N3O3. The lowest BCUT2D eigenvalue weighted by atomic mass is 10.1. The standard InChI is InChI=1S/C16H20F3N3O3/c17-16(18,19)10-25-13-6-5-12(9-22-13)15(24)21-8-7-20-14(23)11-3-1-2-4-11/h5-6,9,11H,1-4,7-8,10H2,(H,20,23)(H,21,24). The Morgan fingerprint density at radius 2 is 1.84 bits per heavy atom. The van der Waals surface area contributed by atoms with E-state index in [4.69, 9.17) is 0 Å². The maximum atomic E-state index is 12.0. The summed E-state index contributed by atoms with van der Waals surface area (Å²) in [6.07, 6.45) is 0.660. The number of hydrogen-bond donors (Lipinski definition) is 2. The number of amides is 2. The molecule has 0 unspecified atom stereocenters. The molecule has 2 N–H and O–H groups in total. The number of nitrogens with zero attached hydrogens (tertiary/aromatic N) is 1. The fourth-order valence-corrected chi connectivity index (χ4v) is 2.55. The second kappa shape index (κ2) is 8.68. The topological polar surface area (TPSA) is 80.3 Å². The number of alkyl halides is 3. The van der Waals surface area contributed by atoms with Crippen LogP contribution in [-0.4, -0.2) is 42.7 Å². The van der Waals surface area contributed by atoms with Crippen LogP contribution in [0.25, 0.3) is 0 Å². The Labute approximate surface area is 143 Å². The van der Waals surface area contributed by atoms with Gasteiger partial charge in [-0.15, -0.1) is 0 Å². The number of carbonyl (C=O) groups is 2. The zero-order valence-electron chi connectivity index (χ0n) is 13.6. The van der Waals surface area contributed by atoms with E-state index in [9.17, 15) is 22.8 Å². The summed E-state index contributed by atoms with van der Waals surface area (Å²) >= 11 is 0. The van der Waals surface area contributed by atoms with Crippen LogP contribution in [0.2, 0.25) is 0 Å². The quantitative estimate of drug-likeness (QED) is 0.731. The van der Waals surface area contributed by atoms with E-state index in [-0.39, 0.29) is 29.8 Å². The van der Waals surface area contributed by atoms with Crippen LogP contribution in [-0.2, 0) is 4.79 Å². The number of rotatable bonds is 7. The molecule has 1 fully saturated rings. The third kappa shape index (κ3) is 6.60. The highest BCUT2D eigenvalue weighted by Crippen LogP contribution is 2.24. The van der Waals surface area contributed by atoms with Gasteiger partial charge < -0.3 is 15.4 Å². The van der Waals surface area contributed by atoms with Crippen molar-refractivity contribution >= 4 is 11.8 Å². The van der Waals surface area contributed by atoms with Crippen LogP contribution in [0, 0.1) is 5.92 Å². The summed E-state index contributed by atoms with van der Waals surface area (Å²) in [5.74, 6) is -0.550. The Balaban J connectivity index is 1.69. The van der Waals surface area contributed by atoms with E-state index in [0.29, 0.717) is 6.54 Å². The van der Waals surface area contributed by atoms with Crippen molar-refractivity contribution in [1.29, 1.82) is 0 Å². The van der Waals surface area contributed by atoms with Gasteiger partial charge >= 0.3 is 6.18 Å². The van der Waals surface area contributed by atoms with Crippen molar-refractivity contribution in [2.75, 3.05) is 19.7 Å². The molecule has 1 saturated carbocycles. The molecule has 0 radical (unpaired) electrons. The summed E-state index contributed by atoms with van der Waals surface area (Å²) in [4.78, 5) is 27.3. The van der Waals surface area contributed by atoms with Crippen LogP contribution in [0.15, 0.2) is 18.3 Å². The minimum atomic E-state index is -4.44. The molecule has 0 aliphatic heterocycles. The predicted octanol–water partition coefficient (Wildman–Crippen LogP) is 2.06. The number of halogens is 3. The number of pyridine rings is 1. The summed E-state index contributed by atoms with van der Waals surface area (Å²) < 4.78 is 40.6. The third-order valence-electron chi connectivity index (χ3n) is 3.82. The second-order valence-corrected chi connectivity index (χ2v) is 5.82. The molecule has 138 valence electrons. The largest absolute Gasteiger partial charge is 0.468 e. The Kier molecular flexibility index (Phi) is 6.60. The average molecular weight is 359 g/mol. The molecule has 25 heavy (non-hydrogen) atoms. The van der Waals surface area contributed by atoms with Crippen LogP contribution in [0.5, 0.6) is 5.88 Å². The number of carbonyl (C=O) groups excluding carboxylic acids is 2. The molecule has 2 rings (SSSR count). The Morgan fingerprint density at radius 1 is 1.16 bits per heavy atom. The minimum absolute atomic E-state index is 0.0135. The van der Waals surface area contributed by atoms with Crippen molar-refractivity contribution in [3.8, 4) is 5.88 Å². The maximum absolute atomic E-state index is 12.0. The van der Waals surface area contributed by atoms with Gasteiger partial charge in [0.05, 0.1) is 5.56 Å². The van der Waals surface area contributed by atoms with Crippen molar-refractivity contribution in [1.82, 2.24) is 15.6 Å². The monoisotopic (exact) mass is 359 g/mol. The van der Waals surface area contributed by atoms with Crippen LogP contribution < -0.4 is 15.4 Å². The lowest BCUT2D eigenvalue weighted by molar-refractivity contribution is -0.154. The maximum Gasteiger partial charge on any atom is 0.422 e. The smallest absolute Gasteiger partial charge is 0.422 e. The highest BCUT2D eigenvalue weighted by atomic mass is 19.4. The predicted molar refractivity (Wildman–Crippen MR) is 83.1 cm³/mol. The third-order valence-corrected chi connectivity index (χ3v) is 3.82. The summed E-state index contributed by atoms with van der Waals surface area (Å²) in [5, 5.41) is 5.38. The van der Waals surface area contributed by atoms with Gasteiger partial charge in [0, 0.05) is 31.3 Å². The van der Waals surface area contributed by atoms with Crippen LogP contribution in [0.3, 0.4) is 0 Å². The Bertz CT molecular complexity index is 585. The molecule has 0 spiro atoms. The average Bonchev–Trinajstić information content (AvgIpc) is 3.11. The van der Waals surface area contributed by atoms with Gasteiger partial charge in [-0.25, -0.2) is 4.98 Å². The lowest BCUT2D eigenvalue weighted by Gasteiger charge is -2.11. The summed E-state index contributed by atoms with van der Waals surface area (Å²) in [7, 11) is 0. The van der Waals surface area contributed by atoms with E-state index >= 15 is 0 Å². The van der Waals surface area contributed by atoms with Gasteiger partial charge in [-0.05, 0) is 18.9 Å². The van der Waals surface area contributed by atoms with Gasteiger partial charge in [0.25, 0.3) is 5.91 Å². The van der Waals surface area contributed by atoms with Gasteiger partial charge in [-0.1, -0.05) is 12.8 Å². The lowest BCUT2D eigenvalue weighted by Crippen LogP contribution is -2.37. The van der Waals surface area contributed by atoms with Crippen LogP contribution in [0.4, 0.5) is 13.2 Å². The molecular weight excluding hydrogens is 339 g/mol. The van der Waals surface area contributed by atoms with Gasteiger partial charge in [-0.3, -0.25) is 9.59 Å². The van der Waals surface area contributed by atoms with Crippen LogP contribution in [0.1, 0.15) is 36.0 Å². The van der Waals surface area contributed by atoms with Crippen molar-refractivity contribution in [2.45, 2.75) is 31.9 Å². The number of nitrogens with one attached hydrogen (secondary N) is 2. The molecule has 0 atom stereocenters. The van der Waals surface area contributed by atoms with Crippen molar-refractivity contribution in [2.24, 2.45) is 5.92 Å². The number of aromatic nitrogens is 1. The zero-order valence-corrected chi connectivity index (χ0v) is 13.6. The van der Waals surface area contributed by atoms with Gasteiger partial charge in [0.15, 0.2) is 6.61 Å². The van der Waals surface area contributed by atoms with E-state index in [1.54, 1.807) is 0 Å². The first-order valence-electron chi connectivity index (χ1n) is 8.06. The molecule has 1 heterocycles. The molecule has 0 saturated heterocycles. The van der Waals surface area contributed by atoms with Crippen molar-refractivity contribution in [3.05, 3.63) is 23.9 Å². The van der Waals surface area contributed by atoms with E-state index in [0.717, 1.165) is 31.9 Å². The molecule has 2 amide bonds. The summed E-state index contributed by atoms with van der Waals surface area (Å²) in [6, 6.07) is 2.52. The Hall–Kier alpha value is -2.32. The first-order chi connectivity index (χ1) is 11.8. The zero-order chi connectivity index (χ0) is 18.3. The molecule has 1 aromatic rings. The molecule has 1 aromatic heterocycles. The fraction of sp³-hybridized carbons (Fsp3) is 0.562. The normalized spacial score (nSPS) is 15.0. The molecule has 9 heteroatoms. The molecule has 1 aliphatic rings. The van der Waals surface area contributed by atoms with Crippen LogP contribution >= 0.6 is 0 Å². The van der Waals surface area contributed by atoms with E-state index in [2.05, 4.69) is 20.4 Å². The van der Waals surface area contributed by atoms with E-state index in [1.165, 1.54) is 12.1 Å². The van der Waals surface area contributed by atoms with E-state index < -0.39 is 18.7 Å². The summed E-state index contributed by atoms with van der Waals surface area (Å²) in [5.41, 5.74) is 0.196. The van der Waals surface area contributed by atoms with Crippen molar-refractivity contribution in [3.63, 3.8) is 0 Å². The fourth-order valence-electron chi connectivity index (χ4n) is 2.55. The molecule has 6 nitrogen and oxygen atoms in total. The molecule has 1 aliphatic carbocycles. The molecule has 0 bridgehead atoms. The number of ether oxygens (including phenoxy) is 1. The Morgan fingerprint density at radius 3 is 2.44 bits per heavy atom. The second-order valence-electron chi connectivity index (χ2n) is 5.82. The van der Waals surface area contributed by atoms with Gasteiger partial charge in [0.2, 0.25) is 11.8 Å². The van der Waals surface area contributed by atoms with Crippen molar-refractivity contribution < 1.29 is 27.5 Å². The SMILES string of the molecule is O=C(NCCNC(=O)C1CCCC1)c1ccc(OCC(F)(F)F)nc1. The first-order valence-corrected chi connectivity index (χ1v) is 8.06. The van der Waals surface area contributed by atoms with E-state index in [1.807, 2.05) is 0 Å². The molecule has 0 aromatic carbocycles. The first kappa shape index (κ1) is 19.0. The summed E-state index contributed by atoms with van der Waals surface area (Å²) in [6.45, 7) is -0.864. The number of hydrogen-bond acceptors (Lipinski definition) is 4. The minimum Gasteiger partial charge on any atom is -0.468 e. The highest BCUT2D eigenvalue weighted by Gasteiger charge is 2.28. The highest BCUT2D eigenvalue weighted by molar-refractivity contribution is 5.93. The van der Waals surface area contributed by atoms with Gasteiger partial charge in [0.1, 0.15) is 0 Å².